The molecule has 0 aliphatic heterocycles. The van der Waals surface area contributed by atoms with Gasteiger partial charge in [0.1, 0.15) is 5.01 Å². The molecular weight excluding hydrogens is 567 g/mol. The Morgan fingerprint density at radius 2 is 1.87 bits per heavy atom. The minimum absolute atomic E-state index is 0.00710. The van der Waals surface area contributed by atoms with Crippen molar-refractivity contribution in [3.8, 4) is 21.8 Å². The van der Waals surface area contributed by atoms with Gasteiger partial charge in [0.2, 0.25) is 0 Å². The number of rotatable bonds is 9. The summed E-state index contributed by atoms with van der Waals surface area (Å²) in [6.07, 6.45) is 1.70. The lowest BCUT2D eigenvalue weighted by Crippen LogP contribution is -2.42. The zero-order chi connectivity index (χ0) is 28.3. The van der Waals surface area contributed by atoms with Crippen LogP contribution >= 0.6 is 22.9 Å². The number of thiazole rings is 1. The summed E-state index contributed by atoms with van der Waals surface area (Å²) >= 11 is 7.75. The van der Waals surface area contributed by atoms with E-state index in [1.807, 2.05) is 32.9 Å². The van der Waals surface area contributed by atoms with Crippen molar-refractivity contribution >= 4 is 44.6 Å². The van der Waals surface area contributed by atoms with Gasteiger partial charge in [-0.3, -0.25) is 14.1 Å². The molecule has 3 rings (SSSR count). The van der Waals surface area contributed by atoms with Crippen LogP contribution in [0.25, 0.3) is 21.8 Å². The third kappa shape index (κ3) is 7.01. The summed E-state index contributed by atoms with van der Waals surface area (Å²) in [5, 5.41) is 2.45. The molecule has 0 atom stereocenters. The number of ether oxygens (including phenoxy) is 2. The highest BCUT2D eigenvalue weighted by Gasteiger charge is 2.50. The first-order valence-electron chi connectivity index (χ1n) is 11.1. The quantitative estimate of drug-likeness (QED) is 0.171. The van der Waals surface area contributed by atoms with Crippen LogP contribution < -0.4 is 4.31 Å². The lowest BCUT2D eigenvalue weighted by Gasteiger charge is -2.25. The molecule has 1 aromatic carbocycles. The molecule has 2 heterocycles. The zero-order valence-corrected chi connectivity index (χ0v) is 23.3. The number of halogens is 4. The van der Waals surface area contributed by atoms with E-state index in [-0.39, 0.29) is 20.4 Å². The predicted molar refractivity (Wildman–Crippen MR) is 139 cm³/mol. The third-order valence-corrected chi connectivity index (χ3v) is 7.93. The van der Waals surface area contributed by atoms with Crippen LogP contribution in [0.1, 0.15) is 33.4 Å². The first-order chi connectivity index (χ1) is 17.6. The van der Waals surface area contributed by atoms with E-state index in [2.05, 4.69) is 14.7 Å². The Morgan fingerprint density at radius 3 is 2.47 bits per heavy atom. The number of pyridine rings is 1. The number of esters is 1. The molecule has 0 radical (unpaired) electrons. The van der Waals surface area contributed by atoms with Crippen molar-refractivity contribution in [1.29, 1.82) is 0 Å². The van der Waals surface area contributed by atoms with Gasteiger partial charge in [0, 0.05) is 40.7 Å². The maximum absolute atomic E-state index is 13.4. The Hall–Kier alpha value is -2.74. The first kappa shape index (κ1) is 29.8. The summed E-state index contributed by atoms with van der Waals surface area (Å²) in [6.45, 7) is 5.55. The predicted octanol–water partition coefficient (Wildman–Crippen LogP) is 6.02. The van der Waals surface area contributed by atoms with Crippen molar-refractivity contribution in [2.45, 2.75) is 38.6 Å². The number of hydrogen-bond donors (Lipinski definition) is 0. The molecule has 0 saturated heterocycles. The molecule has 0 unspecified atom stereocenters. The normalized spacial score (nSPS) is 12.4. The summed E-state index contributed by atoms with van der Waals surface area (Å²) < 4.78 is 74.3. The molecule has 0 N–H and O–H groups in total. The second-order valence-electron chi connectivity index (χ2n) is 9.07. The number of alkyl halides is 3. The number of carbonyl (C=O) groups is 1. The lowest BCUT2D eigenvalue weighted by atomic mass is 9.91. The van der Waals surface area contributed by atoms with Crippen LogP contribution in [0.4, 0.5) is 18.9 Å². The van der Waals surface area contributed by atoms with Crippen molar-refractivity contribution in [3.05, 3.63) is 52.6 Å². The number of hydrogen-bond acceptors (Lipinski definition) is 8. The van der Waals surface area contributed by atoms with Crippen molar-refractivity contribution in [1.82, 2.24) is 9.97 Å². The van der Waals surface area contributed by atoms with E-state index in [4.69, 9.17) is 16.3 Å². The molecule has 3 aromatic rings. The number of carbonyl (C=O) groups excluding carboxylic acids is 1. The fraction of sp³-hybridized carbons (Fsp3) is 0.375. The summed E-state index contributed by atoms with van der Waals surface area (Å²) in [5.74, 6) is -0.657. The Labute approximate surface area is 227 Å². The molecule has 0 spiro atoms. The minimum Gasteiger partial charge on any atom is -0.439 e. The molecule has 38 heavy (non-hydrogen) atoms. The molecule has 0 bridgehead atoms. The second kappa shape index (κ2) is 11.6. The van der Waals surface area contributed by atoms with Crippen LogP contribution in [0.2, 0.25) is 5.02 Å². The van der Waals surface area contributed by atoms with E-state index >= 15 is 0 Å². The van der Waals surface area contributed by atoms with Crippen molar-refractivity contribution in [3.63, 3.8) is 0 Å². The van der Waals surface area contributed by atoms with Crippen molar-refractivity contribution < 1.29 is 35.9 Å². The first-order valence-corrected chi connectivity index (χ1v) is 13.8. The van der Waals surface area contributed by atoms with E-state index in [0.29, 0.717) is 16.3 Å². The maximum Gasteiger partial charge on any atom is 0.516 e. The van der Waals surface area contributed by atoms with Gasteiger partial charge in [-0.05, 0) is 30.3 Å². The van der Waals surface area contributed by atoms with Gasteiger partial charge in [-0.15, -0.1) is 11.3 Å². The van der Waals surface area contributed by atoms with Crippen LogP contribution in [0, 0.1) is 0 Å². The fourth-order valence-corrected chi connectivity index (χ4v) is 5.26. The molecule has 206 valence electrons. The highest BCUT2D eigenvalue weighted by Crippen LogP contribution is 2.37. The average Bonchev–Trinajstić information content (AvgIpc) is 3.30. The Bertz CT molecular complexity index is 1410. The van der Waals surface area contributed by atoms with Crippen molar-refractivity contribution in [2.24, 2.45) is 0 Å². The summed E-state index contributed by atoms with van der Waals surface area (Å²) in [6, 6.07) is 7.50. The third-order valence-electron chi connectivity index (χ3n) is 5.16. The smallest absolute Gasteiger partial charge is 0.439 e. The lowest BCUT2D eigenvalue weighted by molar-refractivity contribution is -0.153. The number of aromatic nitrogens is 2. The highest BCUT2D eigenvalue weighted by atomic mass is 35.5. The van der Waals surface area contributed by atoms with E-state index in [1.165, 1.54) is 23.5 Å². The Balaban J connectivity index is 1.89. The summed E-state index contributed by atoms with van der Waals surface area (Å²) in [4.78, 5) is 19.8. The standard InChI is InChI=1S/C24H25ClF3N3O5S2/c1-15(32)36-14-35-10-9-31(38(33,34)24(26,27)28)17-5-6-18(19(25)12-17)20-13-37-22(30-20)16-7-8-29-21(11-16)23(2,3)4/h5-8,11-13H,9-10,14H2,1-4H3. The molecule has 8 nitrogen and oxygen atoms in total. The summed E-state index contributed by atoms with van der Waals surface area (Å²) in [5.41, 5.74) is -3.41. The Morgan fingerprint density at radius 1 is 1.16 bits per heavy atom. The van der Waals surface area contributed by atoms with Crippen LogP contribution in [0.15, 0.2) is 41.9 Å². The number of benzene rings is 1. The maximum atomic E-state index is 13.4. The molecule has 0 aliphatic carbocycles. The molecule has 0 aliphatic rings. The van der Waals surface area contributed by atoms with Crippen LogP contribution in [-0.4, -0.2) is 49.8 Å². The van der Waals surface area contributed by atoms with Gasteiger partial charge >= 0.3 is 21.5 Å². The molecule has 0 amide bonds. The zero-order valence-electron chi connectivity index (χ0n) is 20.9. The number of nitrogens with zero attached hydrogens (tertiary/aromatic N) is 3. The molecule has 2 aromatic heterocycles. The van der Waals surface area contributed by atoms with Gasteiger partial charge in [-0.1, -0.05) is 32.4 Å². The van der Waals surface area contributed by atoms with Gasteiger partial charge in [0.05, 0.1) is 29.6 Å². The van der Waals surface area contributed by atoms with Crippen LogP contribution in [0.5, 0.6) is 0 Å². The molecule has 0 saturated carbocycles. The molecule has 0 fully saturated rings. The van der Waals surface area contributed by atoms with E-state index in [9.17, 15) is 26.4 Å². The highest BCUT2D eigenvalue weighted by molar-refractivity contribution is 7.93. The van der Waals surface area contributed by atoms with Crippen molar-refractivity contribution in [2.75, 3.05) is 24.2 Å². The van der Waals surface area contributed by atoms with Crippen LogP contribution in [0.3, 0.4) is 0 Å². The fourth-order valence-electron chi connectivity index (χ4n) is 3.21. The van der Waals surface area contributed by atoms with Crippen LogP contribution in [-0.2, 0) is 29.7 Å². The van der Waals surface area contributed by atoms with Gasteiger partial charge < -0.3 is 9.47 Å². The monoisotopic (exact) mass is 591 g/mol. The molecular formula is C24H25ClF3N3O5S2. The van der Waals surface area contributed by atoms with E-state index in [0.717, 1.165) is 24.2 Å². The Kier molecular flexibility index (Phi) is 9.07. The SMILES string of the molecule is CC(=O)OCOCCN(c1ccc(-c2csc(-c3ccnc(C(C)(C)C)c3)n2)c(Cl)c1)S(=O)(=O)C(F)(F)F. The van der Waals surface area contributed by atoms with Gasteiger partial charge in [-0.25, -0.2) is 4.98 Å². The molecule has 14 heteroatoms. The van der Waals surface area contributed by atoms with Gasteiger partial charge in [0.15, 0.2) is 6.79 Å². The minimum atomic E-state index is -5.77. The average molecular weight is 592 g/mol. The number of anilines is 1. The van der Waals surface area contributed by atoms with E-state index < -0.39 is 41.4 Å². The topological polar surface area (TPSA) is 98.7 Å². The second-order valence-corrected chi connectivity index (χ2v) is 12.2. The van der Waals surface area contributed by atoms with Gasteiger partial charge in [-0.2, -0.15) is 21.6 Å². The van der Waals surface area contributed by atoms with E-state index in [1.54, 1.807) is 11.6 Å². The summed E-state index contributed by atoms with van der Waals surface area (Å²) in [7, 11) is -5.77. The van der Waals surface area contributed by atoms with Gasteiger partial charge in [0.25, 0.3) is 0 Å². The number of sulfonamides is 1. The largest absolute Gasteiger partial charge is 0.516 e.